The molecule has 0 bridgehead atoms. The highest BCUT2D eigenvalue weighted by molar-refractivity contribution is 6.32. The van der Waals surface area contributed by atoms with E-state index in [1.54, 1.807) is 47.4 Å². The first-order valence-electron chi connectivity index (χ1n) is 19.7. The molecule has 1 N–H and O–H groups in total. The smallest absolute Gasteiger partial charge is 0.246 e. The van der Waals surface area contributed by atoms with Crippen LogP contribution in [0, 0.1) is 23.7 Å². The number of rotatable bonds is 8. The number of hydrogen-bond acceptors (Lipinski definition) is 7. The van der Waals surface area contributed by atoms with Gasteiger partial charge in [0.1, 0.15) is 0 Å². The summed E-state index contributed by atoms with van der Waals surface area (Å²) in [5, 5.41) is 12.4. The largest absolute Gasteiger partial charge is 0.504 e. The molecule has 4 aromatic carbocycles. The van der Waals surface area contributed by atoms with Gasteiger partial charge >= 0.3 is 0 Å². The summed E-state index contributed by atoms with van der Waals surface area (Å²) >= 11 is 6.45. The number of imide groups is 2. The highest BCUT2D eigenvalue weighted by Crippen LogP contribution is 2.65. The molecule has 0 radical (unpaired) electrons. The second-order valence-electron chi connectivity index (χ2n) is 15.8. The van der Waals surface area contributed by atoms with Crippen molar-refractivity contribution in [2.24, 2.45) is 23.7 Å². The van der Waals surface area contributed by atoms with Gasteiger partial charge in [0.05, 0.1) is 35.5 Å². The lowest BCUT2D eigenvalue weighted by atomic mass is 9.49. The number of carbonyl (C=O) groups excluding carboxylic acids is 4. The Balaban J connectivity index is 1.14. The van der Waals surface area contributed by atoms with Crippen LogP contribution in [0.2, 0.25) is 5.02 Å². The van der Waals surface area contributed by atoms with E-state index in [1.807, 2.05) is 61.5 Å². The molecular weight excluding hydrogens is 726 g/mol. The molecule has 3 heterocycles. The van der Waals surface area contributed by atoms with Gasteiger partial charge in [-0.3, -0.25) is 29.0 Å². The van der Waals surface area contributed by atoms with Crippen LogP contribution in [0.15, 0.2) is 115 Å². The number of amides is 4. The number of allylic oxidation sites excluding steroid dienone is 2. The number of fused-ring (bicyclic) bond motifs is 4. The molecule has 4 fully saturated rings. The molecule has 9 rings (SSSR count). The number of hydrogen-bond donors (Lipinski definition) is 1. The Kier molecular flexibility index (Phi) is 9.33. The number of anilines is 1. The summed E-state index contributed by atoms with van der Waals surface area (Å²) < 4.78 is 5.87. The van der Waals surface area contributed by atoms with E-state index in [1.165, 1.54) is 10.5 Å². The van der Waals surface area contributed by atoms with E-state index in [0.717, 1.165) is 25.2 Å². The van der Waals surface area contributed by atoms with Gasteiger partial charge in [-0.25, -0.2) is 4.90 Å². The molecule has 10 heteroatoms. The first kappa shape index (κ1) is 36.4. The van der Waals surface area contributed by atoms with E-state index in [9.17, 15) is 14.7 Å². The number of carbonyl (C=O) groups is 4. The normalized spacial score (nSPS) is 27.9. The number of aromatic hydroxyl groups is 1. The van der Waals surface area contributed by atoms with Crippen molar-refractivity contribution in [2.45, 2.75) is 56.5 Å². The molecule has 3 aliphatic heterocycles. The van der Waals surface area contributed by atoms with Gasteiger partial charge < -0.3 is 9.84 Å². The maximum atomic E-state index is 15.5. The summed E-state index contributed by atoms with van der Waals surface area (Å²) in [4.78, 5) is 64.9. The lowest BCUT2D eigenvalue weighted by molar-refractivity contribution is -0.144. The van der Waals surface area contributed by atoms with Crippen LogP contribution in [-0.2, 0) is 31.1 Å². The summed E-state index contributed by atoms with van der Waals surface area (Å²) in [6.07, 6.45) is 3.92. The van der Waals surface area contributed by atoms with Crippen LogP contribution in [0.3, 0.4) is 0 Å². The number of halogens is 1. The number of benzene rings is 4. The number of para-hydroxylation sites is 1. The lowest BCUT2D eigenvalue weighted by Crippen LogP contribution is -2.53. The van der Waals surface area contributed by atoms with Crippen molar-refractivity contribution in [3.05, 3.63) is 136 Å². The Hall–Kier alpha value is -5.25. The first-order chi connectivity index (χ1) is 27.2. The quantitative estimate of drug-likeness (QED) is 0.148. The van der Waals surface area contributed by atoms with E-state index in [0.29, 0.717) is 47.7 Å². The van der Waals surface area contributed by atoms with Gasteiger partial charge in [0.25, 0.3) is 0 Å². The van der Waals surface area contributed by atoms with E-state index >= 15 is 9.59 Å². The third-order valence-electron chi connectivity index (χ3n) is 13.0. The molecule has 286 valence electrons. The van der Waals surface area contributed by atoms with Crippen molar-refractivity contribution in [3.8, 4) is 11.5 Å². The second kappa shape index (κ2) is 14.4. The van der Waals surface area contributed by atoms with Gasteiger partial charge in [0.15, 0.2) is 11.5 Å². The van der Waals surface area contributed by atoms with Gasteiger partial charge in [0, 0.05) is 42.2 Å². The average Bonchev–Trinajstić information content (AvgIpc) is 3.60. The van der Waals surface area contributed by atoms with Gasteiger partial charge in [-0.1, -0.05) is 102 Å². The van der Waals surface area contributed by atoms with Crippen molar-refractivity contribution >= 4 is 40.9 Å². The molecule has 1 saturated carbocycles. The zero-order chi connectivity index (χ0) is 38.7. The number of ether oxygens (including phenoxy) is 1. The Labute approximate surface area is 331 Å². The minimum Gasteiger partial charge on any atom is -0.504 e. The molecule has 4 aromatic rings. The molecule has 9 nitrogen and oxygen atoms in total. The van der Waals surface area contributed by atoms with Crippen LogP contribution in [0.1, 0.15) is 55.2 Å². The minimum absolute atomic E-state index is 0.115. The zero-order valence-corrected chi connectivity index (χ0v) is 32.0. The van der Waals surface area contributed by atoms with Crippen molar-refractivity contribution in [3.63, 3.8) is 0 Å². The fourth-order valence-electron chi connectivity index (χ4n) is 10.7. The standard InChI is InChI=1S/C46H44ClN3O6/c1-2-56-38-18-10-17-35(41(38)51)40-33-19-20-34-39(44(54)49(42(34)52)31-21-23-48(24-22-31)27-28-11-5-3-6-12-28)36(33)26-37-43(53)50(32-16-9-15-30(47)25-32)45(55)46(37,40)29-13-7-4-8-14-29/h3-19,25,31,34,36-37,39-40,51H,2,20-24,26-27H2,1H3. The fourth-order valence-corrected chi connectivity index (χ4v) is 10.9. The monoisotopic (exact) mass is 769 g/mol. The Morgan fingerprint density at radius 3 is 2.25 bits per heavy atom. The molecule has 2 aliphatic carbocycles. The van der Waals surface area contributed by atoms with E-state index < -0.39 is 46.8 Å². The van der Waals surface area contributed by atoms with Crippen molar-refractivity contribution < 1.29 is 29.0 Å². The third kappa shape index (κ3) is 5.61. The number of phenols is 1. The first-order valence-corrected chi connectivity index (χ1v) is 20.1. The lowest BCUT2D eigenvalue weighted by Gasteiger charge is -2.50. The number of phenolic OH excluding ortho intramolecular Hbond substituents is 1. The summed E-state index contributed by atoms with van der Waals surface area (Å²) in [6, 6.07) is 31.4. The van der Waals surface area contributed by atoms with Crippen LogP contribution in [0.25, 0.3) is 0 Å². The van der Waals surface area contributed by atoms with Gasteiger partial charge in [0.2, 0.25) is 23.6 Å². The highest BCUT2D eigenvalue weighted by Gasteiger charge is 2.70. The van der Waals surface area contributed by atoms with Crippen LogP contribution in [0.5, 0.6) is 11.5 Å². The minimum atomic E-state index is -1.49. The molecule has 6 unspecified atom stereocenters. The fraction of sp³-hybridized carbons (Fsp3) is 0.348. The molecule has 4 amide bonds. The Morgan fingerprint density at radius 2 is 1.54 bits per heavy atom. The van der Waals surface area contributed by atoms with Gasteiger partial charge in [-0.05, 0) is 73.9 Å². The number of likely N-dealkylation sites (tertiary alicyclic amines) is 2. The highest BCUT2D eigenvalue weighted by atomic mass is 35.5. The maximum Gasteiger partial charge on any atom is 0.246 e. The summed E-state index contributed by atoms with van der Waals surface area (Å²) in [5.41, 5.74) is 1.97. The molecule has 3 saturated heterocycles. The average molecular weight is 770 g/mol. The molecule has 5 aliphatic rings. The van der Waals surface area contributed by atoms with Gasteiger partial charge in [-0.15, -0.1) is 0 Å². The molecule has 0 spiro atoms. The summed E-state index contributed by atoms with van der Waals surface area (Å²) in [7, 11) is 0. The summed E-state index contributed by atoms with van der Waals surface area (Å²) in [5.74, 6) is -4.57. The molecular formula is C46H44ClN3O6. The predicted octanol–water partition coefficient (Wildman–Crippen LogP) is 7.27. The molecule has 56 heavy (non-hydrogen) atoms. The van der Waals surface area contributed by atoms with Crippen LogP contribution in [0.4, 0.5) is 5.69 Å². The Bertz CT molecular complexity index is 2240. The molecule has 0 aromatic heterocycles. The van der Waals surface area contributed by atoms with Crippen molar-refractivity contribution in [1.82, 2.24) is 9.80 Å². The zero-order valence-electron chi connectivity index (χ0n) is 31.2. The van der Waals surface area contributed by atoms with E-state index in [2.05, 4.69) is 17.0 Å². The third-order valence-corrected chi connectivity index (χ3v) is 13.2. The van der Waals surface area contributed by atoms with E-state index in [4.69, 9.17) is 16.3 Å². The molecule has 6 atom stereocenters. The van der Waals surface area contributed by atoms with E-state index in [-0.39, 0.29) is 35.8 Å². The predicted molar refractivity (Wildman–Crippen MR) is 212 cm³/mol. The number of piperidine rings is 1. The van der Waals surface area contributed by atoms with Crippen molar-refractivity contribution in [2.75, 3.05) is 24.6 Å². The Morgan fingerprint density at radius 1 is 0.821 bits per heavy atom. The van der Waals surface area contributed by atoms with Crippen LogP contribution >= 0.6 is 11.6 Å². The SMILES string of the molecule is CCOc1cccc(C2C3=CCC4C(=O)N(C5CCN(Cc6ccccc6)CC5)C(=O)C4C3CC3C(=O)N(c4cccc(Cl)c4)C(=O)C32c2ccccc2)c1O. The second-order valence-corrected chi connectivity index (χ2v) is 16.2. The summed E-state index contributed by atoms with van der Waals surface area (Å²) in [6.45, 7) is 4.50. The van der Waals surface area contributed by atoms with Crippen molar-refractivity contribution in [1.29, 1.82) is 0 Å². The number of nitrogens with zero attached hydrogens (tertiary/aromatic N) is 3. The van der Waals surface area contributed by atoms with Gasteiger partial charge in [-0.2, -0.15) is 0 Å². The maximum absolute atomic E-state index is 15.5. The topological polar surface area (TPSA) is 107 Å². The van der Waals surface area contributed by atoms with Crippen LogP contribution < -0.4 is 9.64 Å². The van der Waals surface area contributed by atoms with Crippen LogP contribution in [-0.4, -0.2) is 64.3 Å².